The zero-order chi connectivity index (χ0) is 38.7. The summed E-state index contributed by atoms with van der Waals surface area (Å²) in [4.78, 5) is 14.5. The molecule has 0 fully saturated rings. The Kier molecular flexibility index (Phi) is 5.08. The molecule has 0 amide bonds. The molecule has 51 heavy (non-hydrogen) atoms. The van der Waals surface area contributed by atoms with Crippen LogP contribution in [0.2, 0.25) is 0 Å². The van der Waals surface area contributed by atoms with E-state index in [1.54, 1.807) is 22.7 Å². The van der Waals surface area contributed by atoms with Gasteiger partial charge >= 0.3 is 0 Å². The fourth-order valence-corrected chi connectivity index (χ4v) is 9.02. The SMILES string of the molecule is [2H]c1c(-c2ccc3c(c2)sc2ccccc23)c([2H])c2c(oc3c([2H])c(-c4nc(-c5ccccc5)nc(-c5ccc6c(c5)sc5ccccc56)n4)c([2H])c([2H])c32)c1[2H]. The minimum atomic E-state index is -0.319. The lowest BCUT2D eigenvalue weighted by molar-refractivity contribution is 0.669. The highest BCUT2D eigenvalue weighted by Gasteiger charge is 2.16. The molecule has 11 rings (SSSR count). The van der Waals surface area contributed by atoms with E-state index in [0.717, 1.165) is 35.8 Å². The molecule has 0 aliphatic rings. The van der Waals surface area contributed by atoms with Crippen molar-refractivity contribution < 1.29 is 12.6 Å². The predicted molar refractivity (Wildman–Crippen MR) is 215 cm³/mol. The number of nitrogens with zero attached hydrogens (tertiary/aromatic N) is 3. The minimum absolute atomic E-state index is 0.0249. The van der Waals surface area contributed by atoms with E-state index in [1.165, 1.54) is 10.1 Å². The van der Waals surface area contributed by atoms with Crippen LogP contribution in [0.1, 0.15) is 8.22 Å². The van der Waals surface area contributed by atoms with Crippen LogP contribution in [-0.2, 0) is 0 Å². The van der Waals surface area contributed by atoms with Gasteiger partial charge in [0.25, 0.3) is 0 Å². The van der Waals surface area contributed by atoms with Crippen molar-refractivity contribution in [3.05, 3.63) is 152 Å². The Labute approximate surface area is 308 Å². The Morgan fingerprint density at radius 1 is 0.392 bits per heavy atom. The maximum atomic E-state index is 9.46. The molecule has 4 nitrogen and oxygen atoms in total. The molecule has 11 aromatic rings. The van der Waals surface area contributed by atoms with Crippen LogP contribution in [-0.4, -0.2) is 15.0 Å². The lowest BCUT2D eigenvalue weighted by Gasteiger charge is -2.08. The number of thiophene rings is 2. The van der Waals surface area contributed by atoms with Crippen LogP contribution < -0.4 is 0 Å². The number of aromatic nitrogens is 3. The van der Waals surface area contributed by atoms with Gasteiger partial charge in [-0.3, -0.25) is 0 Å². The first kappa shape index (κ1) is 23.2. The second-order valence-corrected chi connectivity index (χ2v) is 14.5. The smallest absolute Gasteiger partial charge is 0.164 e. The summed E-state index contributed by atoms with van der Waals surface area (Å²) in [5.74, 6) is 0.703. The van der Waals surface area contributed by atoms with Crippen molar-refractivity contribution >= 4 is 85.0 Å². The molecular formula is C45H25N3OS2. The van der Waals surface area contributed by atoms with E-state index in [-0.39, 0.29) is 75.1 Å². The van der Waals surface area contributed by atoms with Crippen LogP contribution in [0.4, 0.5) is 0 Å². The summed E-state index contributed by atoms with van der Waals surface area (Å²) in [6.45, 7) is 0. The summed E-state index contributed by atoms with van der Waals surface area (Å²) >= 11 is 3.29. The molecule has 0 bridgehead atoms. The number of rotatable bonds is 4. The Balaban J connectivity index is 1.12. The van der Waals surface area contributed by atoms with E-state index >= 15 is 0 Å². The molecule has 0 saturated carbocycles. The number of hydrogen-bond acceptors (Lipinski definition) is 6. The van der Waals surface area contributed by atoms with Gasteiger partial charge in [-0.15, -0.1) is 22.7 Å². The number of furan rings is 1. The monoisotopic (exact) mass is 693 g/mol. The van der Waals surface area contributed by atoms with E-state index in [9.17, 15) is 5.48 Å². The number of hydrogen-bond donors (Lipinski definition) is 0. The van der Waals surface area contributed by atoms with Gasteiger partial charge in [0.1, 0.15) is 11.2 Å². The first-order valence-corrected chi connectivity index (χ1v) is 18.0. The topological polar surface area (TPSA) is 51.8 Å². The highest BCUT2D eigenvalue weighted by molar-refractivity contribution is 7.26. The molecule has 0 atom stereocenters. The summed E-state index contributed by atoms with van der Waals surface area (Å²) < 4.78 is 66.2. The average Bonchev–Trinajstić information content (AvgIpc) is 3.94. The van der Waals surface area contributed by atoms with Crippen LogP contribution >= 0.6 is 22.7 Å². The molecule has 0 radical (unpaired) electrons. The van der Waals surface area contributed by atoms with Crippen LogP contribution in [0.5, 0.6) is 0 Å². The molecule has 238 valence electrons. The zero-order valence-electron chi connectivity index (χ0n) is 32.5. The molecule has 0 aliphatic carbocycles. The van der Waals surface area contributed by atoms with Gasteiger partial charge in [-0.05, 0) is 59.6 Å². The quantitative estimate of drug-likeness (QED) is 0.184. The third kappa shape index (κ3) is 4.68. The van der Waals surface area contributed by atoms with Crippen molar-refractivity contribution in [2.75, 3.05) is 0 Å². The predicted octanol–water partition coefficient (Wildman–Crippen LogP) is 13.2. The maximum Gasteiger partial charge on any atom is 0.164 e. The molecular weight excluding hydrogens is 663 g/mol. The summed E-state index contributed by atoms with van der Waals surface area (Å²) in [5.41, 5.74) is 2.07. The highest BCUT2D eigenvalue weighted by atomic mass is 32.1. The average molecular weight is 694 g/mol. The van der Waals surface area contributed by atoms with Crippen molar-refractivity contribution in [1.82, 2.24) is 15.0 Å². The summed E-state index contributed by atoms with van der Waals surface area (Å²) in [6.07, 6.45) is 0. The van der Waals surface area contributed by atoms with Gasteiger partial charge in [-0.1, -0.05) is 103 Å². The first-order chi connectivity index (χ1) is 27.7. The molecule has 0 spiro atoms. The van der Waals surface area contributed by atoms with E-state index in [1.807, 2.05) is 84.9 Å². The van der Waals surface area contributed by atoms with E-state index in [0.29, 0.717) is 22.8 Å². The molecule has 6 heteroatoms. The van der Waals surface area contributed by atoms with Crippen LogP contribution in [0.15, 0.2) is 156 Å². The van der Waals surface area contributed by atoms with Gasteiger partial charge in [0.15, 0.2) is 17.5 Å². The van der Waals surface area contributed by atoms with E-state index < -0.39 is 0 Å². The van der Waals surface area contributed by atoms with Gasteiger partial charge in [0.05, 0.1) is 8.22 Å². The lowest BCUT2D eigenvalue weighted by atomic mass is 10.0. The van der Waals surface area contributed by atoms with Crippen molar-refractivity contribution in [2.45, 2.75) is 0 Å². The van der Waals surface area contributed by atoms with Crippen molar-refractivity contribution in [1.29, 1.82) is 0 Å². The highest BCUT2D eigenvalue weighted by Crippen LogP contribution is 2.40. The van der Waals surface area contributed by atoms with Gasteiger partial charge in [0.2, 0.25) is 0 Å². The summed E-state index contributed by atoms with van der Waals surface area (Å²) in [5, 5.41) is 4.66. The first-order valence-electron chi connectivity index (χ1n) is 19.4. The van der Waals surface area contributed by atoms with Gasteiger partial charge in [0, 0.05) is 67.8 Å². The molecule has 0 N–H and O–H groups in total. The minimum Gasteiger partial charge on any atom is -0.456 e. The fraction of sp³-hybridized carbons (Fsp3) is 0. The molecule has 0 unspecified atom stereocenters. The van der Waals surface area contributed by atoms with Gasteiger partial charge < -0.3 is 4.42 Å². The molecule has 7 aromatic carbocycles. The lowest BCUT2D eigenvalue weighted by Crippen LogP contribution is -2.00. The molecule has 0 saturated heterocycles. The van der Waals surface area contributed by atoms with Crippen molar-refractivity contribution in [2.24, 2.45) is 0 Å². The second-order valence-electron chi connectivity index (χ2n) is 12.3. The molecule has 0 aliphatic heterocycles. The third-order valence-electron chi connectivity index (χ3n) is 9.21. The zero-order valence-corrected chi connectivity index (χ0v) is 28.2. The Morgan fingerprint density at radius 2 is 0.961 bits per heavy atom. The molecule has 4 aromatic heterocycles. The van der Waals surface area contributed by atoms with Crippen LogP contribution in [0.25, 0.3) is 108 Å². The van der Waals surface area contributed by atoms with Crippen molar-refractivity contribution in [3.63, 3.8) is 0 Å². The third-order valence-corrected chi connectivity index (χ3v) is 11.5. The second kappa shape index (κ2) is 11.2. The number of benzene rings is 7. The maximum absolute atomic E-state index is 9.46. The number of fused-ring (bicyclic) bond motifs is 9. The fourth-order valence-electron chi connectivity index (χ4n) is 6.73. The summed E-state index contributed by atoms with van der Waals surface area (Å²) in [6, 6.07) is 36.1. The summed E-state index contributed by atoms with van der Waals surface area (Å²) in [7, 11) is 0. The van der Waals surface area contributed by atoms with Crippen LogP contribution in [0, 0.1) is 0 Å². The largest absolute Gasteiger partial charge is 0.456 e. The van der Waals surface area contributed by atoms with Gasteiger partial charge in [-0.2, -0.15) is 0 Å². The normalized spacial score (nSPS) is 13.6. The van der Waals surface area contributed by atoms with Crippen molar-refractivity contribution in [3.8, 4) is 45.3 Å². The van der Waals surface area contributed by atoms with Crippen LogP contribution in [0.3, 0.4) is 0 Å². The Bertz CT molecular complexity index is 3510. The standard InChI is InChI=1S/C45H25N3OS2/c1-2-8-26(9-3-1)43-46-44(48-45(47-43)30-16-20-35-33-11-5-7-13-40(33)51-42(35)25-30)29-15-18-31-36-22-27(17-21-37(36)49-38(31)23-29)28-14-19-34-32-10-4-6-12-39(32)50-41(34)24-28/h1-25H/i15D,17D,18D,21D,22D,23D. The molecule has 4 heterocycles. The Hall–Kier alpha value is -6.21. The van der Waals surface area contributed by atoms with Gasteiger partial charge in [-0.25, -0.2) is 15.0 Å². The Morgan fingerprint density at radius 3 is 1.69 bits per heavy atom. The van der Waals surface area contributed by atoms with E-state index in [4.69, 9.17) is 22.1 Å². The van der Waals surface area contributed by atoms with E-state index in [2.05, 4.69) is 30.3 Å².